The van der Waals surface area contributed by atoms with E-state index in [1.54, 1.807) is 31.2 Å². The summed E-state index contributed by atoms with van der Waals surface area (Å²) in [5.74, 6) is -0.164. The molecule has 1 aromatic rings. The Kier molecular flexibility index (Phi) is 4.64. The third-order valence-electron chi connectivity index (χ3n) is 2.54. The molecule has 0 radical (unpaired) electrons. The summed E-state index contributed by atoms with van der Waals surface area (Å²) in [5.41, 5.74) is 0.596. The number of nitroso groups, excluding NO2 is 1. The maximum absolute atomic E-state index is 11.8. The van der Waals surface area contributed by atoms with Gasteiger partial charge in [-0.3, -0.25) is 4.79 Å². The van der Waals surface area contributed by atoms with Gasteiger partial charge in [0, 0.05) is 5.56 Å². The van der Waals surface area contributed by atoms with Crippen molar-refractivity contribution in [1.29, 1.82) is 0 Å². The van der Waals surface area contributed by atoms with E-state index in [-0.39, 0.29) is 11.9 Å². The molecule has 0 spiro atoms. The number of nitrogens with zero attached hydrogens (tertiary/aromatic N) is 1. The minimum Gasteiger partial charge on any atom is -0.347 e. The van der Waals surface area contributed by atoms with Gasteiger partial charge in [0.1, 0.15) is 6.04 Å². The monoisotopic (exact) mass is 220 g/mol. The Labute approximate surface area is 95.0 Å². The zero-order valence-electron chi connectivity index (χ0n) is 9.51. The van der Waals surface area contributed by atoms with Gasteiger partial charge in [-0.05, 0) is 25.5 Å². The maximum atomic E-state index is 11.8. The fourth-order valence-corrected chi connectivity index (χ4v) is 1.48. The Morgan fingerprint density at radius 2 is 2.00 bits per heavy atom. The van der Waals surface area contributed by atoms with Gasteiger partial charge >= 0.3 is 0 Å². The molecule has 0 bridgehead atoms. The van der Waals surface area contributed by atoms with Crippen LogP contribution in [0, 0.1) is 4.91 Å². The lowest BCUT2D eigenvalue weighted by molar-refractivity contribution is 0.0931. The molecule has 0 fully saturated rings. The van der Waals surface area contributed by atoms with Crippen molar-refractivity contribution < 1.29 is 4.79 Å². The van der Waals surface area contributed by atoms with E-state index in [2.05, 4.69) is 10.5 Å². The second-order valence-electron chi connectivity index (χ2n) is 3.70. The van der Waals surface area contributed by atoms with Crippen LogP contribution in [0.25, 0.3) is 0 Å². The van der Waals surface area contributed by atoms with Gasteiger partial charge in [-0.25, -0.2) is 0 Å². The molecule has 0 heterocycles. The molecule has 1 amide bonds. The first kappa shape index (κ1) is 12.4. The zero-order chi connectivity index (χ0) is 12.0. The van der Waals surface area contributed by atoms with Crippen LogP contribution in [-0.4, -0.2) is 18.0 Å². The lowest BCUT2D eigenvalue weighted by atomic mass is 10.1. The van der Waals surface area contributed by atoms with Crippen molar-refractivity contribution in [3.05, 3.63) is 40.8 Å². The second-order valence-corrected chi connectivity index (χ2v) is 3.70. The van der Waals surface area contributed by atoms with Crippen molar-refractivity contribution in [3.63, 3.8) is 0 Å². The molecule has 0 aliphatic carbocycles. The summed E-state index contributed by atoms with van der Waals surface area (Å²) in [6.45, 7) is 3.62. The Morgan fingerprint density at radius 1 is 1.38 bits per heavy atom. The third kappa shape index (κ3) is 3.15. The van der Waals surface area contributed by atoms with E-state index in [0.29, 0.717) is 12.0 Å². The molecule has 4 nitrogen and oxygen atoms in total. The maximum Gasteiger partial charge on any atom is 0.251 e. The average Bonchev–Trinajstić information content (AvgIpc) is 2.35. The van der Waals surface area contributed by atoms with E-state index in [4.69, 9.17) is 0 Å². The summed E-state index contributed by atoms with van der Waals surface area (Å²) in [4.78, 5) is 22.2. The van der Waals surface area contributed by atoms with Gasteiger partial charge in [-0.15, -0.1) is 0 Å². The molecule has 16 heavy (non-hydrogen) atoms. The van der Waals surface area contributed by atoms with Gasteiger partial charge < -0.3 is 5.32 Å². The molecule has 0 unspecified atom stereocenters. The van der Waals surface area contributed by atoms with Crippen LogP contribution in [0.5, 0.6) is 0 Å². The van der Waals surface area contributed by atoms with Gasteiger partial charge in [0.15, 0.2) is 0 Å². The number of hydrogen-bond acceptors (Lipinski definition) is 3. The molecular weight excluding hydrogens is 204 g/mol. The number of rotatable bonds is 5. The molecule has 0 aromatic heterocycles. The van der Waals surface area contributed by atoms with Crippen molar-refractivity contribution in [3.8, 4) is 0 Å². The van der Waals surface area contributed by atoms with Gasteiger partial charge in [0.25, 0.3) is 5.91 Å². The van der Waals surface area contributed by atoms with Crippen LogP contribution in [0.1, 0.15) is 30.6 Å². The summed E-state index contributed by atoms with van der Waals surface area (Å²) in [6, 6.07) is 8.32. The molecule has 1 N–H and O–H groups in total. The highest BCUT2D eigenvalue weighted by Crippen LogP contribution is 2.05. The van der Waals surface area contributed by atoms with E-state index < -0.39 is 6.04 Å². The summed E-state index contributed by atoms with van der Waals surface area (Å²) in [7, 11) is 0. The third-order valence-corrected chi connectivity index (χ3v) is 2.54. The Balaban J connectivity index is 2.66. The predicted molar refractivity (Wildman–Crippen MR) is 63.2 cm³/mol. The molecule has 1 rings (SSSR count). The average molecular weight is 220 g/mol. The van der Waals surface area contributed by atoms with Gasteiger partial charge in [-0.1, -0.05) is 30.3 Å². The van der Waals surface area contributed by atoms with Crippen LogP contribution < -0.4 is 5.32 Å². The molecule has 1 aromatic carbocycles. The molecule has 0 aliphatic rings. The second kappa shape index (κ2) is 6.00. The number of hydrogen-bond donors (Lipinski definition) is 1. The van der Waals surface area contributed by atoms with Crippen molar-refractivity contribution >= 4 is 5.91 Å². The topological polar surface area (TPSA) is 58.5 Å². The fourth-order valence-electron chi connectivity index (χ4n) is 1.48. The molecule has 0 aliphatic heterocycles. The number of nitrogens with one attached hydrogen (secondary N) is 1. The van der Waals surface area contributed by atoms with Crippen LogP contribution in [0.15, 0.2) is 35.5 Å². The highest BCUT2D eigenvalue weighted by Gasteiger charge is 2.18. The number of carbonyl (C=O) groups is 1. The van der Waals surface area contributed by atoms with E-state index in [9.17, 15) is 9.70 Å². The van der Waals surface area contributed by atoms with Crippen molar-refractivity contribution in [2.45, 2.75) is 32.4 Å². The molecule has 2 atom stereocenters. The summed E-state index contributed by atoms with van der Waals surface area (Å²) < 4.78 is 0. The Hall–Kier alpha value is -1.71. The van der Waals surface area contributed by atoms with Crippen LogP contribution in [0.3, 0.4) is 0 Å². The zero-order valence-corrected chi connectivity index (χ0v) is 9.51. The lowest BCUT2D eigenvalue weighted by Crippen LogP contribution is -2.40. The molecule has 0 saturated heterocycles. The normalized spacial score (nSPS) is 13.9. The van der Waals surface area contributed by atoms with E-state index >= 15 is 0 Å². The minimum absolute atomic E-state index is 0.164. The molecule has 0 saturated carbocycles. The van der Waals surface area contributed by atoms with Gasteiger partial charge in [0.2, 0.25) is 0 Å². The van der Waals surface area contributed by atoms with Crippen LogP contribution in [0.2, 0.25) is 0 Å². The lowest BCUT2D eigenvalue weighted by Gasteiger charge is -2.18. The Bertz CT molecular complexity index is 351. The summed E-state index contributed by atoms with van der Waals surface area (Å²) in [6.07, 6.45) is 0.686. The first-order valence-corrected chi connectivity index (χ1v) is 5.37. The van der Waals surface area contributed by atoms with Crippen LogP contribution >= 0.6 is 0 Å². The van der Waals surface area contributed by atoms with Crippen molar-refractivity contribution in [2.75, 3.05) is 0 Å². The molecule has 86 valence electrons. The molecule has 4 heteroatoms. The highest BCUT2D eigenvalue weighted by atomic mass is 16.3. The van der Waals surface area contributed by atoms with Crippen LogP contribution in [0.4, 0.5) is 0 Å². The van der Waals surface area contributed by atoms with E-state index in [0.717, 1.165) is 0 Å². The molecular formula is C12H16N2O2. The van der Waals surface area contributed by atoms with Gasteiger partial charge in [-0.2, -0.15) is 4.91 Å². The smallest absolute Gasteiger partial charge is 0.251 e. The van der Waals surface area contributed by atoms with Crippen LogP contribution in [-0.2, 0) is 0 Å². The number of benzene rings is 1. The quantitative estimate of drug-likeness (QED) is 0.774. The number of carbonyl (C=O) groups excluding carboxylic acids is 1. The largest absolute Gasteiger partial charge is 0.347 e. The van der Waals surface area contributed by atoms with Crippen molar-refractivity contribution in [1.82, 2.24) is 5.32 Å². The standard InChI is InChI=1S/C12H16N2O2/c1-3-11(9(2)14-16)13-12(15)10-7-5-4-6-8-10/h4-9,11H,3H2,1-2H3,(H,13,15)/t9-,11-/m0/s1. The fraction of sp³-hybridized carbons (Fsp3) is 0.417. The van der Waals surface area contributed by atoms with Crippen molar-refractivity contribution in [2.24, 2.45) is 5.18 Å². The highest BCUT2D eigenvalue weighted by molar-refractivity contribution is 5.94. The first-order chi connectivity index (χ1) is 7.69. The number of amides is 1. The SMILES string of the molecule is CC[C@H](NC(=O)c1ccccc1)[C@H](C)N=O. The van der Waals surface area contributed by atoms with E-state index in [1.165, 1.54) is 0 Å². The summed E-state index contributed by atoms with van der Waals surface area (Å²) in [5, 5.41) is 5.74. The van der Waals surface area contributed by atoms with E-state index in [1.807, 2.05) is 13.0 Å². The predicted octanol–water partition coefficient (Wildman–Crippen LogP) is 2.35. The minimum atomic E-state index is -0.405. The van der Waals surface area contributed by atoms with Gasteiger partial charge in [0.05, 0.1) is 6.04 Å². The summed E-state index contributed by atoms with van der Waals surface area (Å²) >= 11 is 0. The Morgan fingerprint density at radius 3 is 2.50 bits per heavy atom. The first-order valence-electron chi connectivity index (χ1n) is 5.37.